The summed E-state index contributed by atoms with van der Waals surface area (Å²) in [6, 6.07) is 16.8. The summed E-state index contributed by atoms with van der Waals surface area (Å²) in [5, 5.41) is 3.81. The van der Waals surface area contributed by atoms with E-state index in [9.17, 15) is 13.2 Å². The number of benzene rings is 2. The highest BCUT2D eigenvalue weighted by molar-refractivity contribution is 7.91. The molecular weight excluding hydrogens is 554 g/mol. The summed E-state index contributed by atoms with van der Waals surface area (Å²) < 4.78 is 35.1. The first-order chi connectivity index (χ1) is 20.4. The third-order valence-electron chi connectivity index (χ3n) is 7.55. The van der Waals surface area contributed by atoms with Crippen LogP contribution in [0.15, 0.2) is 73.6 Å². The molecular formula is C30H33N7O4S. The minimum atomic E-state index is -3.74. The lowest BCUT2D eigenvalue weighted by Gasteiger charge is -2.27. The van der Waals surface area contributed by atoms with Crippen molar-refractivity contribution in [3.8, 4) is 11.3 Å². The Morgan fingerprint density at radius 2 is 1.90 bits per heavy atom. The van der Waals surface area contributed by atoms with Gasteiger partial charge >= 0.3 is 0 Å². The number of morpholine rings is 1. The normalized spacial score (nSPS) is 17.4. The minimum Gasteiger partial charge on any atom is -0.378 e. The number of ether oxygens (including phenoxy) is 1. The van der Waals surface area contributed by atoms with Crippen LogP contribution >= 0.6 is 0 Å². The Balaban J connectivity index is 1.20. The first kappa shape index (κ1) is 27.7. The fourth-order valence-corrected chi connectivity index (χ4v) is 6.75. The molecule has 2 aromatic carbocycles. The van der Waals surface area contributed by atoms with E-state index in [0.29, 0.717) is 42.2 Å². The van der Waals surface area contributed by atoms with Crippen molar-refractivity contribution in [3.63, 3.8) is 0 Å². The number of carbonyl (C=O) groups is 1. The lowest BCUT2D eigenvalue weighted by molar-refractivity contribution is -0.117. The molecule has 0 spiro atoms. The van der Waals surface area contributed by atoms with Crippen LogP contribution in [0.2, 0.25) is 0 Å². The molecule has 12 heteroatoms. The van der Waals surface area contributed by atoms with Crippen molar-refractivity contribution in [3.05, 3.63) is 79.1 Å². The molecule has 218 valence electrons. The minimum absolute atomic E-state index is 0.0293. The zero-order chi connectivity index (χ0) is 29.1. The zero-order valence-electron chi connectivity index (χ0n) is 23.1. The average molecular weight is 588 g/mol. The van der Waals surface area contributed by atoms with Crippen LogP contribution in [0.1, 0.15) is 12.0 Å². The Hall–Kier alpha value is -4.42. The number of anilines is 3. The van der Waals surface area contributed by atoms with Crippen LogP contribution in [-0.2, 0) is 25.3 Å². The molecule has 3 N–H and O–H groups in total. The van der Waals surface area contributed by atoms with Crippen LogP contribution in [0.5, 0.6) is 0 Å². The van der Waals surface area contributed by atoms with E-state index in [1.54, 1.807) is 12.1 Å². The molecule has 11 nitrogen and oxygen atoms in total. The van der Waals surface area contributed by atoms with Crippen LogP contribution in [0.3, 0.4) is 0 Å². The number of H-pyrrole nitrogens is 1. The van der Waals surface area contributed by atoms with Gasteiger partial charge in [-0.2, -0.15) is 0 Å². The van der Waals surface area contributed by atoms with E-state index in [2.05, 4.69) is 41.4 Å². The Labute approximate surface area is 244 Å². The third-order valence-corrected chi connectivity index (χ3v) is 8.79. The zero-order valence-corrected chi connectivity index (χ0v) is 23.9. The highest BCUT2D eigenvalue weighted by Gasteiger charge is 2.24. The quantitative estimate of drug-likeness (QED) is 0.254. The highest BCUT2D eigenvalue weighted by atomic mass is 32.2. The van der Waals surface area contributed by atoms with Gasteiger partial charge in [-0.1, -0.05) is 36.9 Å². The number of para-hydroxylation sites is 1. The topological polar surface area (TPSA) is 133 Å². The summed E-state index contributed by atoms with van der Waals surface area (Å²) in [6.07, 6.45) is 3.62. The number of rotatable bonds is 9. The molecule has 2 aromatic heterocycles. The summed E-state index contributed by atoms with van der Waals surface area (Å²) >= 11 is 0. The largest absolute Gasteiger partial charge is 0.378 e. The lowest BCUT2D eigenvalue weighted by atomic mass is 10.1. The predicted molar refractivity (Wildman–Crippen MR) is 164 cm³/mol. The summed E-state index contributed by atoms with van der Waals surface area (Å²) in [4.78, 5) is 28.3. The van der Waals surface area contributed by atoms with Gasteiger partial charge in [0.2, 0.25) is 15.9 Å². The molecule has 1 atom stereocenters. The Kier molecular flexibility index (Phi) is 7.81. The molecule has 0 saturated carbocycles. The van der Waals surface area contributed by atoms with E-state index in [1.165, 1.54) is 12.4 Å². The molecule has 0 radical (unpaired) electrons. The Morgan fingerprint density at radius 1 is 1.07 bits per heavy atom. The lowest BCUT2D eigenvalue weighted by Crippen LogP contribution is -2.36. The maximum absolute atomic E-state index is 13.4. The number of hydrogen-bond acceptors (Lipinski definition) is 8. The SMILES string of the molecule is C=CC(=O)NC1CCN(c2cccc(CS(=O)(=O)Nc3ccccc3-c3cc4c(N5CCOCC5)ncnc4[nH]3)c2)C1. The summed E-state index contributed by atoms with van der Waals surface area (Å²) in [6.45, 7) is 7.71. The van der Waals surface area contributed by atoms with Crippen molar-refractivity contribution >= 4 is 44.2 Å². The predicted octanol–water partition coefficient (Wildman–Crippen LogP) is 3.28. The molecule has 2 aliphatic heterocycles. The number of hydrogen-bond donors (Lipinski definition) is 3. The first-order valence-electron chi connectivity index (χ1n) is 13.9. The molecule has 2 saturated heterocycles. The molecule has 6 rings (SSSR count). The van der Waals surface area contributed by atoms with Gasteiger partial charge in [0.25, 0.3) is 0 Å². The van der Waals surface area contributed by atoms with Gasteiger partial charge in [-0.25, -0.2) is 18.4 Å². The molecule has 0 bridgehead atoms. The Morgan fingerprint density at radius 3 is 2.74 bits per heavy atom. The van der Waals surface area contributed by atoms with Crippen LogP contribution in [0.4, 0.5) is 17.2 Å². The van der Waals surface area contributed by atoms with Gasteiger partial charge in [0.05, 0.1) is 30.0 Å². The van der Waals surface area contributed by atoms with Crippen LogP contribution in [-0.4, -0.2) is 74.7 Å². The van der Waals surface area contributed by atoms with Crippen molar-refractivity contribution in [1.29, 1.82) is 0 Å². The molecule has 0 aliphatic carbocycles. The van der Waals surface area contributed by atoms with E-state index >= 15 is 0 Å². The number of amides is 1. The van der Waals surface area contributed by atoms with Crippen LogP contribution in [0, 0.1) is 0 Å². The first-order valence-corrected chi connectivity index (χ1v) is 15.6. The van der Waals surface area contributed by atoms with E-state index in [-0.39, 0.29) is 17.7 Å². The standard InChI is InChI=1S/C30H33N7O4S/c1-2-28(38)33-22-10-11-37(18-22)23-7-5-6-21(16-23)19-42(39,40)35-26-9-4-3-8-24(26)27-17-25-29(34-27)31-20-32-30(25)36-12-14-41-15-13-36/h2-9,16-17,20,22,35H,1,10-15,18-19H2,(H,33,38)(H,31,32,34). The van der Waals surface area contributed by atoms with E-state index in [4.69, 9.17) is 4.74 Å². The van der Waals surface area contributed by atoms with Gasteiger partial charge < -0.3 is 24.8 Å². The van der Waals surface area contributed by atoms with E-state index in [0.717, 1.165) is 48.6 Å². The van der Waals surface area contributed by atoms with E-state index in [1.807, 2.05) is 42.5 Å². The summed E-state index contributed by atoms with van der Waals surface area (Å²) in [5.41, 5.74) is 4.21. The molecule has 2 aliphatic rings. The van der Waals surface area contributed by atoms with Gasteiger partial charge in [-0.3, -0.25) is 9.52 Å². The number of nitrogens with zero attached hydrogens (tertiary/aromatic N) is 4. The number of nitrogens with one attached hydrogen (secondary N) is 3. The average Bonchev–Trinajstić information content (AvgIpc) is 3.65. The fraction of sp³-hybridized carbons (Fsp3) is 0.300. The van der Waals surface area contributed by atoms with Crippen molar-refractivity contribution < 1.29 is 17.9 Å². The number of aromatic nitrogens is 3. The maximum Gasteiger partial charge on any atom is 0.243 e. The van der Waals surface area contributed by atoms with Crippen molar-refractivity contribution in [2.24, 2.45) is 0 Å². The third kappa shape index (κ3) is 6.09. The molecule has 42 heavy (non-hydrogen) atoms. The molecule has 1 unspecified atom stereocenters. The van der Waals surface area contributed by atoms with Gasteiger partial charge in [0.1, 0.15) is 17.8 Å². The second kappa shape index (κ2) is 11.8. The van der Waals surface area contributed by atoms with Crippen molar-refractivity contribution in [2.75, 3.05) is 53.9 Å². The van der Waals surface area contributed by atoms with Gasteiger partial charge in [-0.15, -0.1) is 0 Å². The number of carbonyl (C=O) groups excluding carboxylic acids is 1. The van der Waals surface area contributed by atoms with E-state index < -0.39 is 10.0 Å². The number of fused-ring (bicyclic) bond motifs is 1. The Bertz CT molecular complexity index is 1720. The fourth-order valence-electron chi connectivity index (χ4n) is 5.54. The molecule has 4 heterocycles. The molecule has 1 amide bonds. The smallest absolute Gasteiger partial charge is 0.243 e. The second-order valence-electron chi connectivity index (χ2n) is 10.5. The second-order valence-corrected chi connectivity index (χ2v) is 12.2. The van der Waals surface area contributed by atoms with Crippen molar-refractivity contribution in [2.45, 2.75) is 18.2 Å². The monoisotopic (exact) mass is 587 g/mol. The maximum atomic E-state index is 13.4. The number of sulfonamides is 1. The van der Waals surface area contributed by atoms with Gasteiger partial charge in [-0.05, 0) is 42.3 Å². The highest BCUT2D eigenvalue weighted by Crippen LogP contribution is 2.33. The summed E-state index contributed by atoms with van der Waals surface area (Å²) in [7, 11) is -3.74. The molecule has 2 fully saturated rings. The van der Waals surface area contributed by atoms with Gasteiger partial charge in [0, 0.05) is 49.2 Å². The van der Waals surface area contributed by atoms with Gasteiger partial charge in [0.15, 0.2) is 0 Å². The summed E-state index contributed by atoms with van der Waals surface area (Å²) in [5.74, 6) is 0.459. The van der Waals surface area contributed by atoms with Crippen molar-refractivity contribution in [1.82, 2.24) is 20.3 Å². The van der Waals surface area contributed by atoms with Crippen LogP contribution in [0.25, 0.3) is 22.3 Å². The molecule has 4 aromatic rings. The van der Waals surface area contributed by atoms with Crippen LogP contribution < -0.4 is 19.8 Å². The number of aromatic amines is 1.